The highest BCUT2D eigenvalue weighted by Crippen LogP contribution is 2.16. The van der Waals surface area contributed by atoms with E-state index in [2.05, 4.69) is 23.7 Å². The van der Waals surface area contributed by atoms with Crippen molar-refractivity contribution in [1.82, 2.24) is 5.32 Å². The quantitative estimate of drug-likeness (QED) is 0.717. The Morgan fingerprint density at radius 2 is 2.31 bits per heavy atom. The van der Waals surface area contributed by atoms with Crippen molar-refractivity contribution in [3.63, 3.8) is 0 Å². The number of unbranched alkanes of at least 4 members (excludes halogenated alkanes) is 1. The van der Waals surface area contributed by atoms with E-state index < -0.39 is 0 Å². The summed E-state index contributed by atoms with van der Waals surface area (Å²) in [7, 11) is 0. The predicted octanol–water partition coefficient (Wildman–Crippen LogP) is 2.06. The van der Waals surface area contributed by atoms with Gasteiger partial charge in [-0.25, -0.2) is 0 Å². The maximum Gasteiger partial charge on any atom is 0.220 e. The molecule has 0 atom stereocenters. The minimum atomic E-state index is 0.129. The average Bonchev–Trinajstić information content (AvgIpc) is 2.74. The molecular weight excluding hydrogens is 220 g/mol. The normalized spacial score (nSPS) is 10.4. The number of aryl methyl sites for hydroxylation is 1. The number of thiophene rings is 1. The largest absolute Gasteiger partial charge is 0.351 e. The molecule has 0 aliphatic rings. The number of hydrogen-bond acceptors (Lipinski definition) is 3. The Balaban J connectivity index is 2.26. The molecule has 1 heterocycles. The molecule has 3 N–H and O–H groups in total. The lowest BCUT2D eigenvalue weighted by atomic mass is 10.2. The summed E-state index contributed by atoms with van der Waals surface area (Å²) in [6, 6.07) is 2.13. The predicted molar refractivity (Wildman–Crippen MR) is 68.4 cm³/mol. The van der Waals surface area contributed by atoms with Gasteiger partial charge in [0.1, 0.15) is 0 Å². The third-order valence-electron chi connectivity index (χ3n) is 2.52. The first-order valence-electron chi connectivity index (χ1n) is 5.80. The van der Waals surface area contributed by atoms with Gasteiger partial charge in [-0.05, 0) is 42.8 Å². The van der Waals surface area contributed by atoms with Crippen molar-refractivity contribution >= 4 is 17.2 Å². The van der Waals surface area contributed by atoms with Crippen molar-refractivity contribution in [2.24, 2.45) is 5.73 Å². The number of carbonyl (C=O) groups excluding carboxylic acids is 1. The Labute approximate surface area is 101 Å². The van der Waals surface area contributed by atoms with Gasteiger partial charge in [-0.15, -0.1) is 11.3 Å². The lowest BCUT2D eigenvalue weighted by Gasteiger charge is -2.05. The van der Waals surface area contributed by atoms with Gasteiger partial charge in [-0.2, -0.15) is 0 Å². The summed E-state index contributed by atoms with van der Waals surface area (Å²) in [5.41, 5.74) is 6.71. The van der Waals surface area contributed by atoms with Crippen molar-refractivity contribution in [3.8, 4) is 0 Å². The van der Waals surface area contributed by atoms with Crippen LogP contribution in [-0.2, 0) is 17.8 Å². The number of nitrogens with one attached hydrogen (secondary N) is 1. The maximum atomic E-state index is 11.5. The van der Waals surface area contributed by atoms with Gasteiger partial charge < -0.3 is 11.1 Å². The summed E-state index contributed by atoms with van der Waals surface area (Å²) < 4.78 is 0. The highest BCUT2D eigenvalue weighted by Gasteiger charge is 2.04. The van der Waals surface area contributed by atoms with E-state index in [1.54, 1.807) is 11.3 Å². The summed E-state index contributed by atoms with van der Waals surface area (Å²) in [5, 5.41) is 5.03. The summed E-state index contributed by atoms with van der Waals surface area (Å²) in [5.74, 6) is 0.129. The molecular formula is C12H20N2OS. The smallest absolute Gasteiger partial charge is 0.220 e. The molecule has 1 rings (SSSR count). The second kappa shape index (κ2) is 7.41. The molecule has 1 aromatic heterocycles. The molecule has 0 fully saturated rings. The molecule has 0 saturated carbocycles. The van der Waals surface area contributed by atoms with Crippen LogP contribution in [0.2, 0.25) is 0 Å². The second-order valence-corrected chi connectivity index (χ2v) is 4.75. The number of amides is 1. The molecule has 0 saturated heterocycles. The van der Waals surface area contributed by atoms with E-state index in [1.807, 2.05) is 0 Å². The zero-order valence-corrected chi connectivity index (χ0v) is 10.6. The van der Waals surface area contributed by atoms with E-state index in [-0.39, 0.29) is 5.91 Å². The van der Waals surface area contributed by atoms with Gasteiger partial charge in [0.05, 0.1) is 6.54 Å². The fraction of sp³-hybridized carbons (Fsp3) is 0.583. The summed E-state index contributed by atoms with van der Waals surface area (Å²) in [4.78, 5) is 12.7. The van der Waals surface area contributed by atoms with Crippen molar-refractivity contribution in [1.29, 1.82) is 0 Å². The van der Waals surface area contributed by atoms with Crippen LogP contribution in [0.5, 0.6) is 0 Å². The lowest BCUT2D eigenvalue weighted by molar-refractivity contribution is -0.121. The summed E-state index contributed by atoms with van der Waals surface area (Å²) in [6.07, 6.45) is 3.42. The molecule has 0 radical (unpaired) electrons. The van der Waals surface area contributed by atoms with E-state index in [1.165, 1.54) is 10.4 Å². The second-order valence-electron chi connectivity index (χ2n) is 3.75. The van der Waals surface area contributed by atoms with Crippen molar-refractivity contribution in [2.45, 2.75) is 39.2 Å². The molecule has 0 aromatic carbocycles. The van der Waals surface area contributed by atoms with E-state index in [0.29, 0.717) is 19.5 Å². The fourth-order valence-corrected chi connectivity index (χ4v) is 2.45. The van der Waals surface area contributed by atoms with Crippen LogP contribution in [-0.4, -0.2) is 12.5 Å². The standard InChI is InChI=1S/C12H20N2OS/c1-2-10-6-8-16-11(10)9-14-12(15)5-3-4-7-13/h6,8H,2-5,7,9,13H2,1H3,(H,14,15). The van der Waals surface area contributed by atoms with Crippen molar-refractivity contribution in [2.75, 3.05) is 6.54 Å². The molecule has 0 bridgehead atoms. The van der Waals surface area contributed by atoms with Gasteiger partial charge in [-0.3, -0.25) is 4.79 Å². The molecule has 0 aliphatic heterocycles. The van der Waals surface area contributed by atoms with Crippen LogP contribution < -0.4 is 11.1 Å². The van der Waals surface area contributed by atoms with Crippen LogP contribution in [0.3, 0.4) is 0 Å². The minimum absolute atomic E-state index is 0.129. The zero-order chi connectivity index (χ0) is 11.8. The van der Waals surface area contributed by atoms with Gasteiger partial charge >= 0.3 is 0 Å². The summed E-state index contributed by atoms with van der Waals surface area (Å²) in [6.45, 7) is 3.47. The molecule has 0 spiro atoms. The molecule has 0 unspecified atom stereocenters. The van der Waals surface area contributed by atoms with E-state index in [4.69, 9.17) is 5.73 Å². The summed E-state index contributed by atoms with van der Waals surface area (Å²) >= 11 is 1.71. The van der Waals surface area contributed by atoms with Crippen LogP contribution in [0.15, 0.2) is 11.4 Å². The van der Waals surface area contributed by atoms with E-state index >= 15 is 0 Å². The molecule has 90 valence electrons. The number of nitrogens with two attached hydrogens (primary N) is 1. The van der Waals surface area contributed by atoms with E-state index in [9.17, 15) is 4.79 Å². The van der Waals surface area contributed by atoms with Gasteiger partial charge in [0.25, 0.3) is 0 Å². The molecule has 1 amide bonds. The van der Waals surface area contributed by atoms with Gasteiger partial charge in [0, 0.05) is 11.3 Å². The first-order valence-corrected chi connectivity index (χ1v) is 6.68. The van der Waals surface area contributed by atoms with Gasteiger partial charge in [0.2, 0.25) is 5.91 Å². The number of carbonyl (C=O) groups is 1. The minimum Gasteiger partial charge on any atom is -0.351 e. The Morgan fingerprint density at radius 3 is 3.00 bits per heavy atom. The number of rotatable bonds is 7. The molecule has 4 heteroatoms. The topological polar surface area (TPSA) is 55.1 Å². The first-order chi connectivity index (χ1) is 7.77. The molecule has 0 aliphatic carbocycles. The first kappa shape index (κ1) is 13.2. The molecule has 1 aromatic rings. The Morgan fingerprint density at radius 1 is 1.50 bits per heavy atom. The average molecular weight is 240 g/mol. The molecule has 3 nitrogen and oxygen atoms in total. The fourth-order valence-electron chi connectivity index (χ4n) is 1.53. The van der Waals surface area contributed by atoms with Crippen LogP contribution in [0, 0.1) is 0 Å². The molecule has 16 heavy (non-hydrogen) atoms. The third-order valence-corrected chi connectivity index (χ3v) is 3.49. The zero-order valence-electron chi connectivity index (χ0n) is 9.79. The van der Waals surface area contributed by atoms with Crippen LogP contribution in [0.1, 0.15) is 36.6 Å². The van der Waals surface area contributed by atoms with Crippen LogP contribution >= 0.6 is 11.3 Å². The van der Waals surface area contributed by atoms with Crippen LogP contribution in [0.25, 0.3) is 0 Å². The Bertz CT molecular complexity index is 323. The van der Waals surface area contributed by atoms with Crippen molar-refractivity contribution in [3.05, 3.63) is 21.9 Å². The van der Waals surface area contributed by atoms with Gasteiger partial charge in [0.15, 0.2) is 0 Å². The number of hydrogen-bond donors (Lipinski definition) is 2. The van der Waals surface area contributed by atoms with E-state index in [0.717, 1.165) is 19.3 Å². The van der Waals surface area contributed by atoms with Crippen LogP contribution in [0.4, 0.5) is 0 Å². The third kappa shape index (κ3) is 4.33. The monoisotopic (exact) mass is 240 g/mol. The highest BCUT2D eigenvalue weighted by atomic mass is 32.1. The Hall–Kier alpha value is -0.870. The lowest BCUT2D eigenvalue weighted by Crippen LogP contribution is -2.22. The van der Waals surface area contributed by atoms with Crippen molar-refractivity contribution < 1.29 is 4.79 Å². The maximum absolute atomic E-state index is 11.5. The van der Waals surface area contributed by atoms with Gasteiger partial charge in [-0.1, -0.05) is 6.92 Å². The highest BCUT2D eigenvalue weighted by molar-refractivity contribution is 7.10. The SMILES string of the molecule is CCc1ccsc1CNC(=O)CCCCN. The Kier molecular flexibility index (Phi) is 6.11.